The highest BCUT2D eigenvalue weighted by atomic mass is 16.3. The molecule has 3 heteroatoms. The number of benzene rings is 7. The number of hydrogen-bond acceptors (Lipinski definition) is 3. The molecular weight excluding hydrogens is 645 g/mol. The zero-order valence-electron chi connectivity index (χ0n) is 29.7. The van der Waals surface area contributed by atoms with Crippen LogP contribution in [0.3, 0.4) is 0 Å². The Hall–Kier alpha value is -6.84. The molecule has 7 aromatic carbocycles. The normalized spacial score (nSPS) is 12.2. The number of fused-ring (bicyclic) bond motifs is 4. The van der Waals surface area contributed by atoms with Crippen molar-refractivity contribution < 1.29 is 4.42 Å². The summed E-state index contributed by atoms with van der Waals surface area (Å²) in [6.07, 6.45) is 9.73. The smallest absolute Gasteiger partial charge is 0.135 e. The number of anilines is 1. The fraction of sp³-hybridized carbons (Fsp3) is 0.0400. The molecule has 0 saturated heterocycles. The summed E-state index contributed by atoms with van der Waals surface area (Å²) in [6.45, 7) is 6.50. The Kier molecular flexibility index (Phi) is 9.30. The molecule has 0 saturated carbocycles. The molecule has 53 heavy (non-hydrogen) atoms. The van der Waals surface area contributed by atoms with E-state index in [0.29, 0.717) is 12.2 Å². The highest BCUT2D eigenvalue weighted by molar-refractivity contribution is 6.07. The van der Waals surface area contributed by atoms with Crippen molar-refractivity contribution in [3.05, 3.63) is 205 Å². The molecule has 0 spiro atoms. The number of allylic oxidation sites excluding steroid dienone is 5. The van der Waals surface area contributed by atoms with Crippen LogP contribution in [-0.2, 0) is 6.54 Å². The number of nitrogens with two attached hydrogens (primary N) is 1. The Bertz CT molecular complexity index is 2710. The maximum atomic E-state index is 6.72. The van der Waals surface area contributed by atoms with Gasteiger partial charge in [0, 0.05) is 34.3 Å². The van der Waals surface area contributed by atoms with E-state index in [4.69, 9.17) is 10.2 Å². The highest BCUT2D eigenvalue weighted by Gasteiger charge is 2.16. The topological polar surface area (TPSA) is 51.2 Å². The molecule has 8 aromatic rings. The van der Waals surface area contributed by atoms with Gasteiger partial charge >= 0.3 is 0 Å². The molecule has 0 fully saturated rings. The van der Waals surface area contributed by atoms with Gasteiger partial charge < -0.3 is 15.5 Å². The van der Waals surface area contributed by atoms with Crippen molar-refractivity contribution in [2.45, 2.75) is 13.5 Å². The SMILES string of the molecule is C=C\C=C/C=C(C)/C(N)=C/c1ccc2ccccc2c1-c1ccc(-c2cccc(-c3ccc4oc5ccccc5c4c3)c2)cc1NCc1ccccc1. The van der Waals surface area contributed by atoms with Crippen molar-refractivity contribution >= 4 is 44.5 Å². The summed E-state index contributed by atoms with van der Waals surface area (Å²) in [5.74, 6) is 0. The average Bonchev–Trinajstić information content (AvgIpc) is 3.58. The van der Waals surface area contributed by atoms with Crippen molar-refractivity contribution in [1.82, 2.24) is 0 Å². The largest absolute Gasteiger partial charge is 0.456 e. The van der Waals surface area contributed by atoms with Gasteiger partial charge in [-0.2, -0.15) is 0 Å². The summed E-state index contributed by atoms with van der Waals surface area (Å²) < 4.78 is 6.11. The molecule has 0 aliphatic carbocycles. The van der Waals surface area contributed by atoms with Crippen LogP contribution in [0, 0.1) is 0 Å². The predicted octanol–water partition coefficient (Wildman–Crippen LogP) is 13.3. The van der Waals surface area contributed by atoms with Gasteiger partial charge in [0.1, 0.15) is 11.2 Å². The van der Waals surface area contributed by atoms with Crippen LogP contribution in [0.5, 0.6) is 0 Å². The lowest BCUT2D eigenvalue weighted by atomic mass is 9.89. The standard InChI is InChI=1S/C50H40N2O/c1-3-4-6-14-34(2)46(51)31-41-24-23-36-17-9-10-20-42(36)50(41)44-27-25-40(32-47(44)52-33-35-15-7-5-8-16-35)38-19-13-18-37(29-38)39-26-28-49-45(30-39)43-21-11-12-22-48(43)53-49/h3-32,52H,1,33,51H2,2H3/b6-4-,34-14+,46-31-. The first kappa shape index (κ1) is 33.3. The number of para-hydroxylation sites is 1. The van der Waals surface area contributed by atoms with Crippen molar-refractivity contribution in [2.75, 3.05) is 5.32 Å². The number of nitrogens with one attached hydrogen (secondary N) is 1. The second-order valence-electron chi connectivity index (χ2n) is 13.3. The Morgan fingerprint density at radius 3 is 2.17 bits per heavy atom. The molecule has 0 aliphatic heterocycles. The van der Waals surface area contributed by atoms with Crippen molar-refractivity contribution in [3.63, 3.8) is 0 Å². The molecular formula is C50H40N2O. The molecule has 0 amide bonds. The first-order chi connectivity index (χ1) is 26.1. The summed E-state index contributed by atoms with van der Waals surface area (Å²) in [5, 5.41) is 8.43. The molecule has 0 atom stereocenters. The number of rotatable bonds is 10. The minimum Gasteiger partial charge on any atom is -0.456 e. The lowest BCUT2D eigenvalue weighted by Crippen LogP contribution is -2.03. The Labute approximate surface area is 310 Å². The minimum absolute atomic E-state index is 0.686. The second-order valence-corrected chi connectivity index (χ2v) is 13.3. The molecule has 3 N–H and O–H groups in total. The van der Waals surface area contributed by atoms with Crippen LogP contribution in [0.25, 0.3) is 72.2 Å². The van der Waals surface area contributed by atoms with Crippen molar-refractivity contribution in [2.24, 2.45) is 5.73 Å². The van der Waals surface area contributed by atoms with Gasteiger partial charge in [0.05, 0.1) is 0 Å². The van der Waals surface area contributed by atoms with Crippen LogP contribution in [0.15, 0.2) is 198 Å². The van der Waals surface area contributed by atoms with Crippen LogP contribution in [-0.4, -0.2) is 0 Å². The van der Waals surface area contributed by atoms with E-state index in [0.717, 1.165) is 72.1 Å². The van der Waals surface area contributed by atoms with Gasteiger partial charge in [0.25, 0.3) is 0 Å². The van der Waals surface area contributed by atoms with E-state index in [1.54, 1.807) is 6.08 Å². The summed E-state index contributed by atoms with van der Waals surface area (Å²) in [6, 6.07) is 53.7. The molecule has 256 valence electrons. The first-order valence-electron chi connectivity index (χ1n) is 18.0. The van der Waals surface area contributed by atoms with E-state index in [-0.39, 0.29) is 0 Å². The van der Waals surface area contributed by atoms with E-state index in [1.807, 2.05) is 37.3 Å². The zero-order chi connectivity index (χ0) is 36.1. The van der Waals surface area contributed by atoms with E-state index in [2.05, 4.69) is 157 Å². The molecule has 0 unspecified atom stereocenters. The molecule has 0 radical (unpaired) electrons. The van der Waals surface area contributed by atoms with Crippen LogP contribution >= 0.6 is 0 Å². The predicted molar refractivity (Wildman–Crippen MR) is 227 cm³/mol. The third-order valence-electron chi connectivity index (χ3n) is 9.84. The molecule has 1 aromatic heterocycles. The number of furan rings is 1. The lowest BCUT2D eigenvalue weighted by Gasteiger charge is -2.19. The summed E-state index contributed by atoms with van der Waals surface area (Å²) in [4.78, 5) is 0. The Morgan fingerprint density at radius 1 is 0.642 bits per heavy atom. The Balaban J connectivity index is 1.25. The molecule has 3 nitrogen and oxygen atoms in total. The summed E-state index contributed by atoms with van der Waals surface area (Å²) >= 11 is 0. The van der Waals surface area contributed by atoms with E-state index >= 15 is 0 Å². The average molecular weight is 685 g/mol. The van der Waals surface area contributed by atoms with Crippen LogP contribution in [0.1, 0.15) is 18.1 Å². The van der Waals surface area contributed by atoms with Crippen molar-refractivity contribution in [3.8, 4) is 33.4 Å². The summed E-state index contributed by atoms with van der Waals surface area (Å²) in [7, 11) is 0. The van der Waals surface area contributed by atoms with Gasteiger partial charge in [-0.05, 0) is 98.6 Å². The molecule has 0 aliphatic rings. The first-order valence-corrected chi connectivity index (χ1v) is 18.0. The minimum atomic E-state index is 0.686. The molecule has 0 bridgehead atoms. The molecule has 8 rings (SSSR count). The van der Waals surface area contributed by atoms with Gasteiger partial charge in [-0.15, -0.1) is 0 Å². The van der Waals surface area contributed by atoms with Gasteiger partial charge in [-0.1, -0.05) is 152 Å². The van der Waals surface area contributed by atoms with Crippen LogP contribution in [0.2, 0.25) is 0 Å². The summed E-state index contributed by atoms with van der Waals surface area (Å²) in [5.41, 5.74) is 20.4. The fourth-order valence-corrected chi connectivity index (χ4v) is 7.03. The fourth-order valence-electron chi connectivity index (χ4n) is 7.03. The monoisotopic (exact) mass is 684 g/mol. The Morgan fingerprint density at radius 2 is 1.34 bits per heavy atom. The third-order valence-corrected chi connectivity index (χ3v) is 9.84. The van der Waals surface area contributed by atoms with E-state index in [1.165, 1.54) is 16.3 Å². The maximum absolute atomic E-state index is 6.72. The van der Waals surface area contributed by atoms with E-state index < -0.39 is 0 Å². The van der Waals surface area contributed by atoms with Gasteiger partial charge in [0.15, 0.2) is 0 Å². The maximum Gasteiger partial charge on any atom is 0.135 e. The van der Waals surface area contributed by atoms with Crippen LogP contribution in [0.4, 0.5) is 5.69 Å². The quantitative estimate of drug-likeness (QED) is 0.141. The zero-order valence-corrected chi connectivity index (χ0v) is 29.7. The second kappa shape index (κ2) is 14.8. The van der Waals surface area contributed by atoms with Gasteiger partial charge in [-0.3, -0.25) is 0 Å². The highest BCUT2D eigenvalue weighted by Crippen LogP contribution is 2.41. The lowest BCUT2D eigenvalue weighted by molar-refractivity contribution is 0.669. The van der Waals surface area contributed by atoms with Crippen molar-refractivity contribution in [1.29, 1.82) is 0 Å². The third kappa shape index (κ3) is 6.93. The van der Waals surface area contributed by atoms with Gasteiger partial charge in [-0.25, -0.2) is 0 Å². The number of hydrogen-bond donors (Lipinski definition) is 2. The van der Waals surface area contributed by atoms with Gasteiger partial charge in [0.2, 0.25) is 0 Å². The van der Waals surface area contributed by atoms with E-state index in [9.17, 15) is 0 Å². The molecule has 1 heterocycles. The van der Waals surface area contributed by atoms with Crippen LogP contribution < -0.4 is 11.1 Å².